The van der Waals surface area contributed by atoms with E-state index in [2.05, 4.69) is 20.1 Å². The summed E-state index contributed by atoms with van der Waals surface area (Å²) in [6.45, 7) is 4.41. The first-order chi connectivity index (χ1) is 2.77. The molecule has 0 amide bonds. The van der Waals surface area contributed by atoms with E-state index in [1.165, 1.54) is 14.4 Å². The van der Waals surface area contributed by atoms with E-state index in [1.54, 1.807) is 0 Å². The summed E-state index contributed by atoms with van der Waals surface area (Å²) in [5.74, 6) is 0.823. The number of rotatable bonds is 2. The molecule has 0 saturated carbocycles. The van der Waals surface area contributed by atoms with Crippen LogP contribution in [-0.2, 0) is 0 Å². The van der Waals surface area contributed by atoms with Gasteiger partial charge in [-0.1, -0.05) is 20.1 Å². The van der Waals surface area contributed by atoms with Gasteiger partial charge < -0.3 is 0 Å². The molecule has 36 valence electrons. The second-order valence-electron chi connectivity index (χ2n) is 1.80. The average Bonchev–Trinajstić information content (AvgIpc) is 1.35. The first kappa shape index (κ1) is 6.17. The van der Waals surface area contributed by atoms with E-state index < -0.39 is 0 Å². The molecule has 6 heavy (non-hydrogen) atoms. The maximum absolute atomic E-state index is 3.70. The van der Waals surface area contributed by atoms with Gasteiger partial charge >= 0.3 is 0 Å². The van der Waals surface area contributed by atoms with Gasteiger partial charge in [0.15, 0.2) is 0 Å². The van der Waals surface area contributed by atoms with E-state index in [9.17, 15) is 0 Å². The maximum atomic E-state index is 3.70. The highest BCUT2D eigenvalue weighted by Gasteiger charge is 1.83. The minimum absolute atomic E-state index is 0.823. The molecule has 0 aliphatic heterocycles. The van der Waals surface area contributed by atoms with Crippen LogP contribution in [-0.4, -0.2) is 12.5 Å². The molecule has 0 spiro atoms. The van der Waals surface area contributed by atoms with Crippen LogP contribution in [0, 0.1) is 5.92 Å². The molecule has 0 aliphatic carbocycles. The van der Waals surface area contributed by atoms with Crippen LogP contribution in [0.4, 0.5) is 0 Å². The molecule has 0 bridgehead atoms. The Morgan fingerprint density at radius 3 is 2.17 bits per heavy atom. The molecule has 0 aliphatic rings. The Hall–Kier alpha value is 0.170. The van der Waals surface area contributed by atoms with Crippen LogP contribution in [0.5, 0.6) is 0 Å². The van der Waals surface area contributed by atoms with Gasteiger partial charge in [-0.2, -0.15) is 0 Å². The topological polar surface area (TPSA) is 0 Å². The molecular weight excluding hydrogens is 91.0 g/mol. The van der Waals surface area contributed by atoms with Gasteiger partial charge in [0.05, 0.1) is 0 Å². The highest BCUT2D eigenvalue weighted by Crippen LogP contribution is 1.99. The number of hydrogen-bond acceptors (Lipinski definition) is 0. The third-order valence-corrected chi connectivity index (χ3v) is 1.48. The predicted molar refractivity (Wildman–Crippen MR) is 33.7 cm³/mol. The summed E-state index contributed by atoms with van der Waals surface area (Å²) in [6.07, 6.45) is 4.93. The van der Waals surface area contributed by atoms with Gasteiger partial charge in [-0.15, -0.1) is 8.20 Å². The quantitative estimate of drug-likeness (QED) is 0.468. The Labute approximate surface area is 41.4 Å². The fraction of sp³-hybridized carbons (Fsp3) is 0.800. The molecule has 0 fully saturated rings. The van der Waals surface area contributed by atoms with Crippen LogP contribution in [0.2, 0.25) is 0 Å². The first-order valence-electron chi connectivity index (χ1n) is 2.20. The van der Waals surface area contributed by atoms with Crippen molar-refractivity contribution in [3.8, 4) is 0 Å². The summed E-state index contributed by atoms with van der Waals surface area (Å²) < 4.78 is 0. The molecule has 0 rings (SSSR count). The van der Waals surface area contributed by atoms with Crippen LogP contribution in [0.1, 0.15) is 13.8 Å². The van der Waals surface area contributed by atoms with E-state index in [0.29, 0.717) is 0 Å². The van der Waals surface area contributed by atoms with Crippen molar-refractivity contribution in [1.29, 1.82) is 0 Å². The van der Waals surface area contributed by atoms with Gasteiger partial charge in [-0.25, -0.2) is 0 Å². The van der Waals surface area contributed by atoms with E-state index in [0.717, 1.165) is 5.92 Å². The van der Waals surface area contributed by atoms with E-state index in [-0.39, 0.29) is 0 Å². The van der Waals surface area contributed by atoms with Gasteiger partial charge in [0.1, 0.15) is 0 Å². The fourth-order valence-electron chi connectivity index (χ4n) is 0.258. The smallest absolute Gasteiger partial charge is 0.00888 e. The van der Waals surface area contributed by atoms with Crippen LogP contribution in [0.15, 0.2) is 0 Å². The van der Waals surface area contributed by atoms with Crippen molar-refractivity contribution in [2.45, 2.75) is 13.8 Å². The summed E-state index contributed by atoms with van der Waals surface area (Å²) in [7, 11) is 1.27. The normalized spacial score (nSPS) is 10.5. The Morgan fingerprint density at radius 2 is 2.17 bits per heavy atom. The van der Waals surface area contributed by atoms with Gasteiger partial charge in [-0.3, -0.25) is 0 Å². The lowest BCUT2D eigenvalue weighted by Gasteiger charge is -1.91. The molecule has 0 aromatic carbocycles. The average molecular weight is 102 g/mol. The highest BCUT2D eigenvalue weighted by molar-refractivity contribution is 7.36. The fourth-order valence-corrected chi connectivity index (χ4v) is 0.775. The largest absolute Gasteiger partial charge is 0.112 e. The lowest BCUT2D eigenvalue weighted by molar-refractivity contribution is 0.750. The first-order valence-corrected chi connectivity index (χ1v) is 3.46. The van der Waals surface area contributed by atoms with Gasteiger partial charge in [-0.05, 0) is 12.1 Å². The second-order valence-corrected chi connectivity index (χ2v) is 2.61. The van der Waals surface area contributed by atoms with Gasteiger partial charge in [0, 0.05) is 0 Å². The minimum atomic E-state index is 0.823. The molecule has 0 nitrogen and oxygen atoms in total. The Kier molecular flexibility index (Phi) is 3.46. The lowest BCUT2D eigenvalue weighted by atomic mass is 10.3. The van der Waals surface area contributed by atoms with Crippen molar-refractivity contribution in [1.82, 2.24) is 0 Å². The molecule has 1 heteroatoms. The van der Waals surface area contributed by atoms with Crippen LogP contribution >= 0.6 is 8.20 Å². The zero-order valence-corrected chi connectivity index (χ0v) is 5.33. The maximum Gasteiger partial charge on any atom is -0.00888 e. The molecule has 0 heterocycles. The number of hydrogen-bond donors (Lipinski definition) is 0. The van der Waals surface area contributed by atoms with Crippen LogP contribution < -0.4 is 0 Å². The third kappa shape index (κ3) is 4.17. The summed E-state index contributed by atoms with van der Waals surface area (Å²) in [5.41, 5.74) is 0. The Morgan fingerprint density at radius 1 is 1.67 bits per heavy atom. The summed E-state index contributed by atoms with van der Waals surface area (Å²) in [5, 5.41) is 0. The molecule has 0 N–H and O–H groups in total. The molecule has 0 radical (unpaired) electrons. The molecule has 0 aromatic rings. The van der Waals surface area contributed by atoms with E-state index in [4.69, 9.17) is 0 Å². The van der Waals surface area contributed by atoms with Gasteiger partial charge in [0.2, 0.25) is 0 Å². The van der Waals surface area contributed by atoms with Crippen molar-refractivity contribution < 1.29 is 0 Å². The second kappa shape index (κ2) is 3.36. The lowest BCUT2D eigenvalue weighted by Crippen LogP contribution is -1.83. The predicted octanol–water partition coefficient (Wildman–Crippen LogP) is 2.02. The summed E-state index contributed by atoms with van der Waals surface area (Å²) in [6, 6.07) is 0. The molecule has 0 saturated heterocycles. The Bertz CT molecular complexity index is 39.2. The zero-order valence-electron chi connectivity index (χ0n) is 4.44. The Balaban J connectivity index is 2.81. The van der Waals surface area contributed by atoms with Crippen LogP contribution in [0.3, 0.4) is 0 Å². The molecule has 0 unspecified atom stereocenters. The van der Waals surface area contributed by atoms with E-state index in [1.807, 2.05) is 0 Å². The molecule has 0 aromatic heterocycles. The molecule has 0 atom stereocenters. The SMILES string of the molecule is C=PCC(C)C. The van der Waals surface area contributed by atoms with Gasteiger partial charge in [0.25, 0.3) is 0 Å². The molecular formula is C5H11P. The third-order valence-electron chi connectivity index (χ3n) is 0.494. The van der Waals surface area contributed by atoms with Crippen molar-refractivity contribution >= 4 is 14.5 Å². The van der Waals surface area contributed by atoms with Crippen LogP contribution in [0.25, 0.3) is 0 Å². The minimum Gasteiger partial charge on any atom is -0.112 e. The standard InChI is InChI=1S/C5H11P/c1-5(2)4-6-3/h5H,3-4H2,1-2H3. The van der Waals surface area contributed by atoms with Crippen molar-refractivity contribution in [2.24, 2.45) is 5.92 Å². The van der Waals surface area contributed by atoms with Crippen molar-refractivity contribution in [2.75, 3.05) is 6.16 Å². The monoisotopic (exact) mass is 102 g/mol. The summed E-state index contributed by atoms with van der Waals surface area (Å²) in [4.78, 5) is 0. The zero-order chi connectivity index (χ0) is 4.99. The van der Waals surface area contributed by atoms with E-state index >= 15 is 0 Å². The van der Waals surface area contributed by atoms with Crippen molar-refractivity contribution in [3.05, 3.63) is 0 Å². The van der Waals surface area contributed by atoms with Crippen molar-refractivity contribution in [3.63, 3.8) is 0 Å². The highest BCUT2D eigenvalue weighted by atomic mass is 31.1. The summed E-state index contributed by atoms with van der Waals surface area (Å²) >= 11 is 0.